The molecule has 1 atom stereocenters. The fourth-order valence-electron chi connectivity index (χ4n) is 2.49. The average Bonchev–Trinajstić information content (AvgIpc) is 2.73. The molecule has 2 N–H and O–H groups in total. The number of amides is 2. The molecule has 0 radical (unpaired) electrons. The van der Waals surface area contributed by atoms with E-state index in [1.807, 2.05) is 6.92 Å². The van der Waals surface area contributed by atoms with Crippen LogP contribution in [0.3, 0.4) is 0 Å². The molecule has 0 unspecified atom stereocenters. The standard InChI is InChI=1S/C21H26N2O6/c1-5-28-16-7-9-17(10-8-16)29-14(2)21(25)23-22-20(24)13-15-6-11-18(26-3)19(12-15)27-4/h6-12,14H,5,13H2,1-4H3,(H,22,24)(H,23,25)/t14-/m1/s1. The summed E-state index contributed by atoms with van der Waals surface area (Å²) in [5.74, 6) is 1.50. The molecule has 2 amide bonds. The van der Waals surface area contributed by atoms with Crippen molar-refractivity contribution in [3.8, 4) is 23.0 Å². The first kappa shape index (κ1) is 21.9. The molecule has 0 aliphatic carbocycles. The van der Waals surface area contributed by atoms with Crippen LogP contribution in [0.1, 0.15) is 19.4 Å². The zero-order chi connectivity index (χ0) is 21.2. The quantitative estimate of drug-likeness (QED) is 0.625. The van der Waals surface area contributed by atoms with Crippen LogP contribution >= 0.6 is 0 Å². The van der Waals surface area contributed by atoms with Crippen molar-refractivity contribution in [3.05, 3.63) is 48.0 Å². The molecule has 2 rings (SSSR count). The van der Waals surface area contributed by atoms with Crippen LogP contribution in [0.5, 0.6) is 23.0 Å². The van der Waals surface area contributed by atoms with Crippen molar-refractivity contribution in [2.24, 2.45) is 0 Å². The summed E-state index contributed by atoms with van der Waals surface area (Å²) in [4.78, 5) is 24.2. The lowest BCUT2D eigenvalue weighted by Gasteiger charge is -2.15. The zero-order valence-corrected chi connectivity index (χ0v) is 17.0. The number of hydrazine groups is 1. The molecule has 2 aromatic carbocycles. The van der Waals surface area contributed by atoms with Gasteiger partial charge in [0, 0.05) is 0 Å². The first-order chi connectivity index (χ1) is 14.0. The number of hydrogen-bond donors (Lipinski definition) is 2. The number of nitrogens with one attached hydrogen (secondary N) is 2. The third-order valence-electron chi connectivity index (χ3n) is 3.95. The monoisotopic (exact) mass is 402 g/mol. The minimum atomic E-state index is -0.797. The van der Waals surface area contributed by atoms with E-state index in [4.69, 9.17) is 18.9 Å². The molecule has 0 aliphatic heterocycles. The Morgan fingerprint density at radius 2 is 1.59 bits per heavy atom. The minimum absolute atomic E-state index is 0.0642. The maximum atomic E-state index is 12.1. The Labute approximate surface area is 170 Å². The van der Waals surface area contributed by atoms with Crippen molar-refractivity contribution in [2.75, 3.05) is 20.8 Å². The van der Waals surface area contributed by atoms with Crippen molar-refractivity contribution in [2.45, 2.75) is 26.4 Å². The third kappa shape index (κ3) is 6.60. The van der Waals surface area contributed by atoms with Crippen LogP contribution in [0.25, 0.3) is 0 Å². The van der Waals surface area contributed by atoms with Crippen LogP contribution in [0.4, 0.5) is 0 Å². The summed E-state index contributed by atoms with van der Waals surface area (Å²) in [6.45, 7) is 4.06. The summed E-state index contributed by atoms with van der Waals surface area (Å²) in [5.41, 5.74) is 5.46. The minimum Gasteiger partial charge on any atom is -0.494 e. The van der Waals surface area contributed by atoms with Gasteiger partial charge in [-0.05, 0) is 55.8 Å². The van der Waals surface area contributed by atoms with Crippen LogP contribution in [-0.2, 0) is 16.0 Å². The average molecular weight is 402 g/mol. The number of rotatable bonds is 9. The molecule has 8 nitrogen and oxygen atoms in total. The predicted molar refractivity (Wildman–Crippen MR) is 107 cm³/mol. The van der Waals surface area contributed by atoms with E-state index in [0.717, 1.165) is 5.75 Å². The lowest BCUT2D eigenvalue weighted by Crippen LogP contribution is -2.47. The van der Waals surface area contributed by atoms with Gasteiger partial charge in [-0.3, -0.25) is 20.4 Å². The van der Waals surface area contributed by atoms with Gasteiger partial charge in [-0.2, -0.15) is 0 Å². The molecule has 0 aliphatic rings. The van der Waals surface area contributed by atoms with Crippen LogP contribution in [-0.4, -0.2) is 38.7 Å². The Balaban J connectivity index is 1.82. The third-order valence-corrected chi connectivity index (χ3v) is 3.95. The lowest BCUT2D eigenvalue weighted by atomic mass is 10.1. The van der Waals surface area contributed by atoms with Gasteiger partial charge in [-0.15, -0.1) is 0 Å². The SMILES string of the molecule is CCOc1ccc(O[C@H](C)C(=O)NNC(=O)Cc2ccc(OC)c(OC)c2)cc1. The van der Waals surface area contributed by atoms with E-state index in [2.05, 4.69) is 10.9 Å². The van der Waals surface area contributed by atoms with E-state index in [1.165, 1.54) is 14.2 Å². The summed E-state index contributed by atoms with van der Waals surface area (Å²) in [6, 6.07) is 12.1. The van der Waals surface area contributed by atoms with Gasteiger partial charge >= 0.3 is 0 Å². The first-order valence-corrected chi connectivity index (χ1v) is 9.16. The van der Waals surface area contributed by atoms with Gasteiger partial charge in [-0.25, -0.2) is 0 Å². The van der Waals surface area contributed by atoms with E-state index in [0.29, 0.717) is 29.4 Å². The van der Waals surface area contributed by atoms with E-state index in [9.17, 15) is 9.59 Å². The number of carbonyl (C=O) groups excluding carboxylic acids is 2. The molecule has 156 valence electrons. The molecular weight excluding hydrogens is 376 g/mol. The molecule has 0 saturated carbocycles. The van der Waals surface area contributed by atoms with E-state index >= 15 is 0 Å². The summed E-state index contributed by atoms with van der Waals surface area (Å²) >= 11 is 0. The normalized spacial score (nSPS) is 11.2. The van der Waals surface area contributed by atoms with Crippen molar-refractivity contribution >= 4 is 11.8 Å². The summed E-state index contributed by atoms with van der Waals surface area (Å²) < 4.78 is 21.3. The van der Waals surface area contributed by atoms with Gasteiger partial charge in [-0.1, -0.05) is 6.07 Å². The Morgan fingerprint density at radius 3 is 2.21 bits per heavy atom. The number of hydrogen-bond acceptors (Lipinski definition) is 6. The van der Waals surface area contributed by atoms with Crippen LogP contribution in [0.2, 0.25) is 0 Å². The molecule has 0 aromatic heterocycles. The topological polar surface area (TPSA) is 95.1 Å². The van der Waals surface area contributed by atoms with Gasteiger partial charge in [0.1, 0.15) is 11.5 Å². The Hall–Kier alpha value is -3.42. The van der Waals surface area contributed by atoms with Gasteiger partial charge in [0.2, 0.25) is 5.91 Å². The fourth-order valence-corrected chi connectivity index (χ4v) is 2.49. The summed E-state index contributed by atoms with van der Waals surface area (Å²) in [6.07, 6.45) is -0.733. The molecule has 0 fully saturated rings. The van der Waals surface area contributed by atoms with E-state index in [-0.39, 0.29) is 12.3 Å². The number of ether oxygens (including phenoxy) is 4. The predicted octanol–water partition coefficient (Wildman–Crippen LogP) is 2.26. The van der Waals surface area contributed by atoms with Crippen molar-refractivity contribution < 1.29 is 28.5 Å². The maximum Gasteiger partial charge on any atom is 0.279 e. The maximum absolute atomic E-state index is 12.1. The second-order valence-corrected chi connectivity index (χ2v) is 6.07. The van der Waals surface area contributed by atoms with Crippen LogP contribution < -0.4 is 29.8 Å². The Morgan fingerprint density at radius 1 is 0.931 bits per heavy atom. The van der Waals surface area contributed by atoms with Crippen molar-refractivity contribution in [1.82, 2.24) is 10.9 Å². The fraction of sp³-hybridized carbons (Fsp3) is 0.333. The highest BCUT2D eigenvalue weighted by molar-refractivity contribution is 5.85. The highest BCUT2D eigenvalue weighted by Gasteiger charge is 2.16. The van der Waals surface area contributed by atoms with Crippen LogP contribution in [0, 0.1) is 0 Å². The lowest BCUT2D eigenvalue weighted by molar-refractivity contribution is -0.132. The van der Waals surface area contributed by atoms with Gasteiger partial charge in [0.05, 0.1) is 27.2 Å². The molecule has 2 aromatic rings. The molecular formula is C21H26N2O6. The highest BCUT2D eigenvalue weighted by Crippen LogP contribution is 2.27. The van der Waals surface area contributed by atoms with Gasteiger partial charge < -0.3 is 18.9 Å². The highest BCUT2D eigenvalue weighted by atomic mass is 16.5. The van der Waals surface area contributed by atoms with Gasteiger partial charge in [0.15, 0.2) is 17.6 Å². The number of carbonyl (C=O) groups is 2. The number of methoxy groups -OCH3 is 2. The summed E-state index contributed by atoms with van der Waals surface area (Å²) in [5, 5.41) is 0. The van der Waals surface area contributed by atoms with Crippen molar-refractivity contribution in [3.63, 3.8) is 0 Å². The van der Waals surface area contributed by atoms with Gasteiger partial charge in [0.25, 0.3) is 5.91 Å². The number of benzene rings is 2. The zero-order valence-electron chi connectivity index (χ0n) is 17.0. The van der Waals surface area contributed by atoms with Crippen LogP contribution in [0.15, 0.2) is 42.5 Å². The van der Waals surface area contributed by atoms with E-state index < -0.39 is 12.0 Å². The molecule has 0 saturated heterocycles. The summed E-state index contributed by atoms with van der Waals surface area (Å²) in [7, 11) is 3.06. The van der Waals surface area contributed by atoms with E-state index in [1.54, 1.807) is 49.4 Å². The molecule has 0 spiro atoms. The molecule has 8 heteroatoms. The Bertz CT molecular complexity index is 822. The van der Waals surface area contributed by atoms with Crippen molar-refractivity contribution in [1.29, 1.82) is 0 Å². The molecule has 0 heterocycles. The second kappa shape index (κ2) is 10.8. The molecule has 29 heavy (non-hydrogen) atoms. The Kier molecular flexibility index (Phi) is 8.14. The molecule has 0 bridgehead atoms. The second-order valence-electron chi connectivity index (χ2n) is 6.07. The first-order valence-electron chi connectivity index (χ1n) is 9.16. The largest absolute Gasteiger partial charge is 0.494 e. The smallest absolute Gasteiger partial charge is 0.279 e.